The van der Waals surface area contributed by atoms with Gasteiger partial charge >= 0.3 is 5.97 Å². The van der Waals surface area contributed by atoms with Crippen LogP contribution in [0.1, 0.15) is 47.7 Å². The number of benzene rings is 2. The van der Waals surface area contributed by atoms with E-state index in [0.29, 0.717) is 0 Å². The van der Waals surface area contributed by atoms with Gasteiger partial charge in [-0.15, -0.1) is 0 Å². The summed E-state index contributed by atoms with van der Waals surface area (Å²) in [6.45, 7) is 2.18. The van der Waals surface area contributed by atoms with Gasteiger partial charge in [0.2, 0.25) is 5.91 Å². The first-order chi connectivity index (χ1) is 12.5. The van der Waals surface area contributed by atoms with Crippen molar-refractivity contribution in [2.75, 3.05) is 5.32 Å². The third kappa shape index (κ3) is 5.74. The molecule has 0 unspecified atom stereocenters. The fourth-order valence-corrected chi connectivity index (χ4v) is 2.76. The Morgan fingerprint density at radius 1 is 1.12 bits per heavy atom. The molecule has 0 radical (unpaired) electrons. The fraction of sp³-hybridized carbons (Fsp3) is 0.238. The smallest absolute Gasteiger partial charge is 0.337 e. The highest BCUT2D eigenvalue weighted by Gasteiger charge is 2.14. The number of para-hydroxylation sites is 1. The number of aryl methyl sites for hydroxylation is 1. The average molecular weight is 372 g/mol. The first kappa shape index (κ1) is 19.7. The van der Waals surface area contributed by atoms with Crippen molar-refractivity contribution < 1.29 is 14.7 Å². The van der Waals surface area contributed by atoms with Crippen molar-refractivity contribution in [3.63, 3.8) is 0 Å². The predicted molar refractivity (Wildman–Crippen MR) is 106 cm³/mol. The van der Waals surface area contributed by atoms with Crippen LogP contribution < -0.4 is 5.32 Å². The highest BCUT2D eigenvalue weighted by Crippen LogP contribution is 2.26. The van der Waals surface area contributed by atoms with Crippen LogP contribution in [0, 0.1) is 0 Å². The molecule has 0 atom stereocenters. The number of hydrogen-bond donors (Lipinski definition) is 2. The second-order valence-electron chi connectivity index (χ2n) is 5.99. The van der Waals surface area contributed by atoms with E-state index >= 15 is 0 Å². The summed E-state index contributed by atoms with van der Waals surface area (Å²) in [5.41, 5.74) is 2.23. The summed E-state index contributed by atoms with van der Waals surface area (Å²) in [5.74, 6) is -1.59. The second-order valence-corrected chi connectivity index (χ2v) is 6.40. The Balaban J connectivity index is 2.01. The summed E-state index contributed by atoms with van der Waals surface area (Å²) in [4.78, 5) is 23.3. The molecule has 2 rings (SSSR count). The third-order valence-electron chi connectivity index (χ3n) is 3.97. The first-order valence-corrected chi connectivity index (χ1v) is 8.99. The number of aromatic carboxylic acids is 1. The molecule has 136 valence electrons. The summed E-state index contributed by atoms with van der Waals surface area (Å²) in [5, 5.41) is 11.9. The number of nitrogens with one attached hydrogen (secondary N) is 1. The van der Waals surface area contributed by atoms with E-state index in [9.17, 15) is 14.7 Å². The minimum atomic E-state index is -1.15. The Morgan fingerprint density at radius 2 is 1.85 bits per heavy atom. The lowest BCUT2D eigenvalue weighted by molar-refractivity contribution is -0.111. The van der Waals surface area contributed by atoms with Gasteiger partial charge in [0.25, 0.3) is 0 Å². The van der Waals surface area contributed by atoms with E-state index in [1.807, 2.05) is 12.1 Å². The van der Waals surface area contributed by atoms with Crippen LogP contribution in [0.25, 0.3) is 6.08 Å². The van der Waals surface area contributed by atoms with Gasteiger partial charge in [-0.3, -0.25) is 4.79 Å². The van der Waals surface area contributed by atoms with Gasteiger partial charge in [-0.05, 0) is 42.2 Å². The number of carboxylic acid groups (broad SMARTS) is 1. The molecule has 2 aromatic carbocycles. The number of halogens is 1. The van der Waals surface area contributed by atoms with Gasteiger partial charge in [0.05, 0.1) is 16.3 Å². The molecule has 0 fully saturated rings. The Hall–Kier alpha value is -2.59. The largest absolute Gasteiger partial charge is 0.478 e. The summed E-state index contributed by atoms with van der Waals surface area (Å²) >= 11 is 6.00. The Labute approximate surface area is 158 Å². The van der Waals surface area contributed by atoms with Crippen LogP contribution in [0.15, 0.2) is 48.5 Å². The minimum absolute atomic E-state index is 0.0457. The zero-order chi connectivity index (χ0) is 18.9. The number of carbonyl (C=O) groups excluding carboxylic acids is 1. The number of rotatable bonds is 8. The monoisotopic (exact) mass is 371 g/mol. The molecule has 0 spiro atoms. The lowest BCUT2D eigenvalue weighted by Gasteiger charge is -2.08. The third-order valence-corrected chi connectivity index (χ3v) is 4.28. The standard InChI is InChI=1S/C21H22ClNO3/c1-2-3-4-6-15-9-11-16(12-10-15)13-14-19(24)23-20-17(21(25)26)7-5-8-18(20)22/h5,7-14H,2-4,6H2,1H3,(H,23,24)(H,25,26). The van der Waals surface area contributed by atoms with E-state index in [1.54, 1.807) is 6.08 Å². The fourth-order valence-electron chi connectivity index (χ4n) is 2.54. The Kier molecular flexibility index (Phi) is 7.42. The van der Waals surface area contributed by atoms with Crippen LogP contribution >= 0.6 is 11.6 Å². The number of hydrogen-bond acceptors (Lipinski definition) is 2. The van der Waals surface area contributed by atoms with Gasteiger partial charge < -0.3 is 10.4 Å². The van der Waals surface area contributed by atoms with Crippen molar-refractivity contribution in [2.24, 2.45) is 0 Å². The lowest BCUT2D eigenvalue weighted by atomic mass is 10.1. The highest BCUT2D eigenvalue weighted by molar-refractivity contribution is 6.34. The molecule has 0 aliphatic carbocycles. The van der Waals surface area contributed by atoms with Crippen molar-refractivity contribution >= 4 is 35.2 Å². The number of carbonyl (C=O) groups is 2. The van der Waals surface area contributed by atoms with Crippen molar-refractivity contribution in [1.29, 1.82) is 0 Å². The van der Waals surface area contributed by atoms with E-state index in [-0.39, 0.29) is 16.3 Å². The molecule has 1 amide bonds. The minimum Gasteiger partial charge on any atom is -0.478 e. The molecule has 0 bridgehead atoms. The Bertz CT molecular complexity index is 797. The molecule has 2 aromatic rings. The molecule has 4 nitrogen and oxygen atoms in total. The summed E-state index contributed by atoms with van der Waals surface area (Å²) in [6.07, 6.45) is 7.71. The van der Waals surface area contributed by atoms with Crippen LogP contribution in [-0.4, -0.2) is 17.0 Å². The first-order valence-electron chi connectivity index (χ1n) is 8.61. The zero-order valence-corrected chi connectivity index (χ0v) is 15.4. The van der Waals surface area contributed by atoms with Crippen LogP contribution in [0.4, 0.5) is 5.69 Å². The molecule has 0 heterocycles. The van der Waals surface area contributed by atoms with Crippen LogP contribution in [0.2, 0.25) is 5.02 Å². The second kappa shape index (κ2) is 9.78. The quantitative estimate of drug-likeness (QED) is 0.480. The maximum Gasteiger partial charge on any atom is 0.337 e. The van der Waals surface area contributed by atoms with E-state index < -0.39 is 11.9 Å². The molecular formula is C21H22ClNO3. The van der Waals surface area contributed by atoms with Gasteiger partial charge in [0.1, 0.15) is 0 Å². The molecule has 0 aliphatic rings. The highest BCUT2D eigenvalue weighted by atomic mass is 35.5. The Morgan fingerprint density at radius 3 is 2.50 bits per heavy atom. The average Bonchev–Trinajstić information content (AvgIpc) is 2.63. The summed E-state index contributed by atoms with van der Waals surface area (Å²) < 4.78 is 0. The number of amides is 1. The van der Waals surface area contributed by atoms with E-state index in [2.05, 4.69) is 24.4 Å². The van der Waals surface area contributed by atoms with Gasteiger partial charge in [0.15, 0.2) is 0 Å². The molecule has 2 N–H and O–H groups in total. The van der Waals surface area contributed by atoms with Crippen LogP contribution in [-0.2, 0) is 11.2 Å². The van der Waals surface area contributed by atoms with Crippen molar-refractivity contribution in [1.82, 2.24) is 0 Å². The van der Waals surface area contributed by atoms with Crippen LogP contribution in [0.3, 0.4) is 0 Å². The molecule has 0 saturated heterocycles. The number of anilines is 1. The van der Waals surface area contributed by atoms with Crippen molar-refractivity contribution in [2.45, 2.75) is 32.6 Å². The predicted octanol–water partition coefficient (Wildman–Crippen LogP) is 5.42. The van der Waals surface area contributed by atoms with Gasteiger partial charge in [0, 0.05) is 6.08 Å². The number of carboxylic acids is 1. The molecule has 0 aromatic heterocycles. The molecular weight excluding hydrogens is 350 g/mol. The maximum atomic E-state index is 12.1. The van der Waals surface area contributed by atoms with Gasteiger partial charge in [-0.25, -0.2) is 4.79 Å². The van der Waals surface area contributed by atoms with Gasteiger partial charge in [-0.1, -0.05) is 61.7 Å². The number of unbranched alkanes of at least 4 members (excludes halogenated alkanes) is 2. The topological polar surface area (TPSA) is 66.4 Å². The van der Waals surface area contributed by atoms with Crippen molar-refractivity contribution in [3.05, 3.63) is 70.3 Å². The molecule has 26 heavy (non-hydrogen) atoms. The molecule has 0 saturated carbocycles. The van der Waals surface area contributed by atoms with Crippen LogP contribution in [0.5, 0.6) is 0 Å². The SMILES string of the molecule is CCCCCc1ccc(C=CC(=O)Nc2c(Cl)cccc2C(=O)O)cc1. The maximum absolute atomic E-state index is 12.1. The van der Waals surface area contributed by atoms with E-state index in [1.165, 1.54) is 49.1 Å². The molecule has 5 heteroatoms. The van der Waals surface area contributed by atoms with E-state index in [4.69, 9.17) is 11.6 Å². The van der Waals surface area contributed by atoms with Crippen molar-refractivity contribution in [3.8, 4) is 0 Å². The summed E-state index contributed by atoms with van der Waals surface area (Å²) in [7, 11) is 0. The van der Waals surface area contributed by atoms with Gasteiger partial charge in [-0.2, -0.15) is 0 Å². The van der Waals surface area contributed by atoms with E-state index in [0.717, 1.165) is 12.0 Å². The molecule has 0 aliphatic heterocycles. The zero-order valence-electron chi connectivity index (χ0n) is 14.7. The summed E-state index contributed by atoms with van der Waals surface area (Å²) in [6, 6.07) is 12.5. The normalized spacial score (nSPS) is 10.8. The lowest BCUT2D eigenvalue weighted by Crippen LogP contribution is -2.12.